The van der Waals surface area contributed by atoms with Crippen LogP contribution in [-0.2, 0) is 19.6 Å². The van der Waals surface area contributed by atoms with Gasteiger partial charge in [-0.3, -0.25) is 0 Å². The van der Waals surface area contributed by atoms with Gasteiger partial charge in [0.25, 0.3) is 0 Å². The number of imidazole rings is 1. The van der Waals surface area contributed by atoms with Crippen LogP contribution in [0.2, 0.25) is 0 Å². The average molecular weight is 218 g/mol. The molecule has 0 aliphatic rings. The predicted octanol–water partition coefficient (Wildman–Crippen LogP) is 1.32. The van der Waals surface area contributed by atoms with Crippen molar-refractivity contribution in [2.45, 2.75) is 19.6 Å². The van der Waals surface area contributed by atoms with E-state index in [9.17, 15) is 5.11 Å². The number of rotatable bonds is 4. The van der Waals surface area contributed by atoms with Gasteiger partial charge < -0.3 is 14.8 Å². The van der Waals surface area contributed by atoms with Crippen molar-refractivity contribution in [1.29, 1.82) is 0 Å². The first-order valence-electron chi connectivity index (χ1n) is 5.18. The summed E-state index contributed by atoms with van der Waals surface area (Å²) in [6.07, 6.45) is 4.05. The van der Waals surface area contributed by atoms with E-state index in [0.717, 1.165) is 17.7 Å². The van der Waals surface area contributed by atoms with Gasteiger partial charge >= 0.3 is 0 Å². The van der Waals surface area contributed by atoms with E-state index in [1.165, 1.54) is 0 Å². The molecule has 1 aromatic carbocycles. The van der Waals surface area contributed by atoms with Crippen molar-refractivity contribution in [2.24, 2.45) is 0 Å². The van der Waals surface area contributed by atoms with Gasteiger partial charge in [-0.15, -0.1) is 0 Å². The van der Waals surface area contributed by atoms with E-state index in [1.807, 2.05) is 16.7 Å². The fourth-order valence-electron chi connectivity index (χ4n) is 1.64. The second-order valence-corrected chi connectivity index (χ2v) is 3.62. The molecular formula is C12H14N2O2. The Morgan fingerprint density at radius 1 is 1.25 bits per heavy atom. The van der Waals surface area contributed by atoms with E-state index in [4.69, 9.17) is 5.11 Å². The molecule has 2 rings (SSSR count). The molecule has 0 aliphatic heterocycles. The molecule has 0 bridgehead atoms. The highest BCUT2D eigenvalue weighted by Gasteiger charge is 2.03. The van der Waals surface area contributed by atoms with E-state index in [2.05, 4.69) is 4.98 Å². The molecule has 0 atom stereocenters. The molecule has 0 amide bonds. The number of aliphatic hydroxyl groups excluding tert-OH is 1. The first-order chi connectivity index (χ1) is 7.81. The minimum atomic E-state index is -0.0131. The number of hydrogen-bond acceptors (Lipinski definition) is 3. The summed E-state index contributed by atoms with van der Waals surface area (Å²) < 4.78 is 1.88. The minimum Gasteiger partial charge on any atom is -0.508 e. The van der Waals surface area contributed by atoms with Gasteiger partial charge in [-0.1, -0.05) is 18.2 Å². The zero-order chi connectivity index (χ0) is 11.4. The number of aryl methyl sites for hydroxylation is 2. The van der Waals surface area contributed by atoms with Gasteiger partial charge in [-0.25, -0.2) is 4.98 Å². The third kappa shape index (κ3) is 2.23. The predicted molar refractivity (Wildman–Crippen MR) is 60.0 cm³/mol. The molecule has 84 valence electrons. The van der Waals surface area contributed by atoms with Gasteiger partial charge in [-0.05, 0) is 18.1 Å². The standard InChI is InChI=1S/C12H14N2O2/c15-8-11-7-13-9-14(11)6-5-10-3-1-2-4-12(10)16/h1-4,7,9,15-16H,5-6,8H2. The summed E-state index contributed by atoms with van der Waals surface area (Å²) in [5, 5.41) is 18.6. The SMILES string of the molecule is OCc1cncn1CCc1ccccc1O. The molecule has 1 aromatic heterocycles. The summed E-state index contributed by atoms with van der Waals surface area (Å²) in [5.41, 5.74) is 1.69. The second-order valence-electron chi connectivity index (χ2n) is 3.62. The number of phenols is 1. The number of phenolic OH excluding ortho intramolecular Hbond substituents is 1. The lowest BCUT2D eigenvalue weighted by molar-refractivity contribution is 0.270. The number of aromatic hydroxyl groups is 1. The number of aromatic nitrogens is 2. The maximum absolute atomic E-state index is 9.59. The van der Waals surface area contributed by atoms with E-state index in [1.54, 1.807) is 24.7 Å². The highest BCUT2D eigenvalue weighted by atomic mass is 16.3. The average Bonchev–Trinajstić information content (AvgIpc) is 2.75. The molecule has 0 unspecified atom stereocenters. The zero-order valence-electron chi connectivity index (χ0n) is 8.87. The topological polar surface area (TPSA) is 58.3 Å². The number of hydrogen-bond donors (Lipinski definition) is 2. The molecular weight excluding hydrogens is 204 g/mol. The maximum atomic E-state index is 9.59. The van der Waals surface area contributed by atoms with Crippen LogP contribution in [-0.4, -0.2) is 19.8 Å². The molecule has 4 nitrogen and oxygen atoms in total. The number of benzene rings is 1. The molecule has 4 heteroatoms. The van der Waals surface area contributed by atoms with Gasteiger partial charge in [0, 0.05) is 6.54 Å². The molecule has 0 saturated heterocycles. The van der Waals surface area contributed by atoms with Crippen LogP contribution in [0.15, 0.2) is 36.8 Å². The van der Waals surface area contributed by atoms with Crippen LogP contribution in [0.1, 0.15) is 11.3 Å². The van der Waals surface area contributed by atoms with Gasteiger partial charge in [0.1, 0.15) is 5.75 Å². The van der Waals surface area contributed by atoms with Crippen molar-refractivity contribution in [3.8, 4) is 5.75 Å². The highest BCUT2D eigenvalue weighted by Crippen LogP contribution is 2.16. The molecule has 0 radical (unpaired) electrons. The van der Waals surface area contributed by atoms with Crippen LogP contribution < -0.4 is 0 Å². The lowest BCUT2D eigenvalue weighted by Crippen LogP contribution is -2.04. The second kappa shape index (κ2) is 4.81. The van der Waals surface area contributed by atoms with Gasteiger partial charge in [0.05, 0.1) is 24.8 Å². The van der Waals surface area contributed by atoms with Crippen LogP contribution in [0, 0.1) is 0 Å². The molecule has 2 aromatic rings. The fourth-order valence-corrected chi connectivity index (χ4v) is 1.64. The van der Waals surface area contributed by atoms with Crippen LogP contribution >= 0.6 is 0 Å². The van der Waals surface area contributed by atoms with Crippen LogP contribution in [0.4, 0.5) is 0 Å². The quantitative estimate of drug-likeness (QED) is 0.813. The van der Waals surface area contributed by atoms with Crippen molar-refractivity contribution in [1.82, 2.24) is 9.55 Å². The summed E-state index contributed by atoms with van der Waals surface area (Å²) in [6.45, 7) is 0.689. The van der Waals surface area contributed by atoms with Gasteiger partial charge in [0.15, 0.2) is 0 Å². The normalized spacial score (nSPS) is 10.6. The first kappa shape index (κ1) is 10.7. The lowest BCUT2D eigenvalue weighted by atomic mass is 10.1. The smallest absolute Gasteiger partial charge is 0.118 e. The van der Waals surface area contributed by atoms with Crippen LogP contribution in [0.25, 0.3) is 0 Å². The third-order valence-corrected chi connectivity index (χ3v) is 2.57. The molecule has 0 spiro atoms. The van der Waals surface area contributed by atoms with E-state index in [0.29, 0.717) is 12.3 Å². The largest absolute Gasteiger partial charge is 0.508 e. The van der Waals surface area contributed by atoms with E-state index in [-0.39, 0.29) is 6.61 Å². The Balaban J connectivity index is 2.05. The fraction of sp³-hybridized carbons (Fsp3) is 0.250. The van der Waals surface area contributed by atoms with Crippen molar-refractivity contribution in [3.05, 3.63) is 48.0 Å². The van der Waals surface area contributed by atoms with E-state index >= 15 is 0 Å². The number of aliphatic hydroxyl groups is 1. The Hall–Kier alpha value is -1.81. The summed E-state index contributed by atoms with van der Waals surface area (Å²) in [6, 6.07) is 7.27. The zero-order valence-corrected chi connectivity index (χ0v) is 8.87. The van der Waals surface area contributed by atoms with E-state index < -0.39 is 0 Å². The van der Waals surface area contributed by atoms with Crippen molar-refractivity contribution >= 4 is 0 Å². The number of nitrogens with zero attached hydrogens (tertiary/aromatic N) is 2. The Morgan fingerprint density at radius 2 is 2.06 bits per heavy atom. The molecule has 2 N–H and O–H groups in total. The summed E-state index contributed by atoms with van der Waals surface area (Å²) in [5.74, 6) is 0.313. The third-order valence-electron chi connectivity index (χ3n) is 2.57. The minimum absolute atomic E-state index is 0.0131. The Bertz CT molecular complexity index is 466. The molecule has 0 aliphatic carbocycles. The molecule has 0 saturated carbocycles. The Kier molecular flexibility index (Phi) is 3.22. The number of para-hydroxylation sites is 1. The lowest BCUT2D eigenvalue weighted by Gasteiger charge is -2.07. The summed E-state index contributed by atoms with van der Waals surface area (Å²) in [7, 11) is 0. The summed E-state index contributed by atoms with van der Waals surface area (Å²) in [4.78, 5) is 3.97. The van der Waals surface area contributed by atoms with Gasteiger partial charge in [0.2, 0.25) is 0 Å². The van der Waals surface area contributed by atoms with Crippen LogP contribution in [0.5, 0.6) is 5.75 Å². The Labute approximate surface area is 93.8 Å². The van der Waals surface area contributed by atoms with Crippen molar-refractivity contribution in [3.63, 3.8) is 0 Å². The summed E-state index contributed by atoms with van der Waals surface area (Å²) >= 11 is 0. The molecule has 16 heavy (non-hydrogen) atoms. The molecule has 0 fully saturated rings. The Morgan fingerprint density at radius 3 is 2.81 bits per heavy atom. The van der Waals surface area contributed by atoms with Crippen molar-refractivity contribution < 1.29 is 10.2 Å². The maximum Gasteiger partial charge on any atom is 0.118 e. The monoisotopic (exact) mass is 218 g/mol. The first-order valence-corrected chi connectivity index (χ1v) is 5.18. The van der Waals surface area contributed by atoms with Crippen molar-refractivity contribution in [2.75, 3.05) is 0 Å². The van der Waals surface area contributed by atoms with Crippen LogP contribution in [0.3, 0.4) is 0 Å². The highest BCUT2D eigenvalue weighted by molar-refractivity contribution is 5.31. The van der Waals surface area contributed by atoms with Gasteiger partial charge in [-0.2, -0.15) is 0 Å². The molecule has 1 heterocycles.